The first-order chi connectivity index (χ1) is 8.65. The van der Waals surface area contributed by atoms with Gasteiger partial charge in [0.25, 0.3) is 0 Å². The van der Waals surface area contributed by atoms with Crippen molar-refractivity contribution in [1.29, 1.82) is 0 Å². The number of anilines is 2. The van der Waals surface area contributed by atoms with E-state index >= 15 is 0 Å². The Kier molecular flexibility index (Phi) is 5.72. The van der Waals surface area contributed by atoms with Crippen LogP contribution in [0.4, 0.5) is 10.8 Å². The van der Waals surface area contributed by atoms with Crippen LogP contribution >= 0.6 is 23.7 Å². The van der Waals surface area contributed by atoms with E-state index in [2.05, 4.69) is 15.5 Å². The van der Waals surface area contributed by atoms with Crippen LogP contribution in [-0.4, -0.2) is 16.1 Å². The lowest BCUT2D eigenvalue weighted by Gasteiger charge is -2.04. The largest absolute Gasteiger partial charge is 0.399 e. The molecule has 0 radical (unpaired) electrons. The number of amides is 1. The monoisotopic (exact) mass is 298 g/mol. The van der Waals surface area contributed by atoms with E-state index < -0.39 is 0 Å². The predicted octanol–water partition coefficient (Wildman–Crippen LogP) is 2.42. The van der Waals surface area contributed by atoms with Gasteiger partial charge in [0.1, 0.15) is 5.01 Å². The third-order valence-electron chi connectivity index (χ3n) is 2.45. The van der Waals surface area contributed by atoms with Crippen LogP contribution in [-0.2, 0) is 11.2 Å². The molecule has 5 nitrogen and oxygen atoms in total. The number of nitrogens with zero attached hydrogens (tertiary/aromatic N) is 2. The molecular formula is C12H15ClN4OS. The van der Waals surface area contributed by atoms with Crippen LogP contribution in [0.2, 0.25) is 0 Å². The number of halogens is 1. The lowest BCUT2D eigenvalue weighted by Crippen LogP contribution is -2.12. The number of carbonyl (C=O) groups is 1. The molecule has 0 atom stereocenters. The van der Waals surface area contributed by atoms with Gasteiger partial charge in [-0.3, -0.25) is 4.79 Å². The molecule has 2 aromatic rings. The summed E-state index contributed by atoms with van der Waals surface area (Å²) in [7, 11) is 0. The summed E-state index contributed by atoms with van der Waals surface area (Å²) in [5, 5.41) is 11.8. The van der Waals surface area contributed by atoms with Gasteiger partial charge < -0.3 is 11.1 Å². The minimum Gasteiger partial charge on any atom is -0.399 e. The second kappa shape index (κ2) is 7.06. The van der Waals surface area contributed by atoms with E-state index in [1.165, 1.54) is 11.3 Å². The topological polar surface area (TPSA) is 80.9 Å². The molecule has 0 aliphatic rings. The SMILES string of the molecule is Cc1nnc(NC(=O)CCc2ccccc2N)s1.Cl. The summed E-state index contributed by atoms with van der Waals surface area (Å²) in [6, 6.07) is 7.56. The van der Waals surface area contributed by atoms with Gasteiger partial charge in [-0.05, 0) is 25.0 Å². The predicted molar refractivity (Wildman–Crippen MR) is 79.7 cm³/mol. The quantitative estimate of drug-likeness (QED) is 0.849. The zero-order chi connectivity index (χ0) is 13.0. The summed E-state index contributed by atoms with van der Waals surface area (Å²) in [5.74, 6) is -0.0746. The molecule has 0 spiro atoms. The van der Waals surface area contributed by atoms with E-state index in [-0.39, 0.29) is 18.3 Å². The van der Waals surface area contributed by atoms with Gasteiger partial charge in [0.2, 0.25) is 11.0 Å². The fourth-order valence-corrected chi connectivity index (χ4v) is 2.15. The Balaban J connectivity index is 0.00000180. The summed E-state index contributed by atoms with van der Waals surface area (Å²) in [6.45, 7) is 1.85. The Morgan fingerprint density at radius 1 is 1.37 bits per heavy atom. The minimum absolute atomic E-state index is 0. The van der Waals surface area contributed by atoms with E-state index in [0.717, 1.165) is 16.3 Å². The molecule has 0 bridgehead atoms. The van der Waals surface area contributed by atoms with Gasteiger partial charge in [-0.2, -0.15) is 0 Å². The van der Waals surface area contributed by atoms with Gasteiger partial charge in [0.15, 0.2) is 0 Å². The molecule has 1 aromatic heterocycles. The molecule has 3 N–H and O–H groups in total. The molecule has 1 amide bonds. The van der Waals surface area contributed by atoms with Crippen LogP contribution < -0.4 is 11.1 Å². The standard InChI is InChI=1S/C12H14N4OS.ClH/c1-8-15-16-12(18-8)14-11(17)7-6-9-4-2-3-5-10(9)13;/h2-5H,6-7,13H2,1H3,(H,14,16,17);1H. The number of para-hydroxylation sites is 1. The molecule has 102 valence electrons. The number of nitrogen functional groups attached to an aromatic ring is 1. The second-order valence-electron chi connectivity index (χ2n) is 3.87. The Morgan fingerprint density at radius 3 is 2.74 bits per heavy atom. The molecule has 1 aromatic carbocycles. The Morgan fingerprint density at radius 2 is 2.11 bits per heavy atom. The van der Waals surface area contributed by atoms with Crippen molar-refractivity contribution in [2.75, 3.05) is 11.1 Å². The maximum Gasteiger partial charge on any atom is 0.226 e. The second-order valence-corrected chi connectivity index (χ2v) is 5.05. The average molecular weight is 299 g/mol. The molecule has 0 aliphatic heterocycles. The molecule has 0 saturated heterocycles. The van der Waals surface area contributed by atoms with E-state index in [4.69, 9.17) is 5.73 Å². The highest BCUT2D eigenvalue weighted by atomic mass is 35.5. The van der Waals surface area contributed by atoms with Crippen LogP contribution in [0.5, 0.6) is 0 Å². The summed E-state index contributed by atoms with van der Waals surface area (Å²) < 4.78 is 0. The Bertz CT molecular complexity index is 558. The zero-order valence-electron chi connectivity index (χ0n) is 10.4. The molecule has 19 heavy (non-hydrogen) atoms. The van der Waals surface area contributed by atoms with Crippen molar-refractivity contribution in [2.45, 2.75) is 19.8 Å². The number of hydrogen-bond donors (Lipinski definition) is 2. The summed E-state index contributed by atoms with van der Waals surface area (Å²) in [5.41, 5.74) is 7.52. The maximum absolute atomic E-state index is 11.7. The first kappa shape index (κ1) is 15.4. The number of hydrogen-bond acceptors (Lipinski definition) is 5. The Hall–Kier alpha value is -1.66. The molecule has 0 unspecified atom stereocenters. The van der Waals surface area contributed by atoms with Gasteiger partial charge in [0, 0.05) is 12.1 Å². The number of rotatable bonds is 4. The van der Waals surface area contributed by atoms with E-state index in [0.29, 0.717) is 18.0 Å². The van der Waals surface area contributed by atoms with E-state index in [1.54, 1.807) is 0 Å². The third-order valence-corrected chi connectivity index (χ3v) is 3.20. The zero-order valence-corrected chi connectivity index (χ0v) is 12.1. The van der Waals surface area contributed by atoms with Crippen molar-refractivity contribution in [3.8, 4) is 0 Å². The van der Waals surface area contributed by atoms with E-state index in [1.807, 2.05) is 31.2 Å². The number of benzene rings is 1. The Labute approximate surface area is 121 Å². The highest BCUT2D eigenvalue weighted by molar-refractivity contribution is 7.15. The van der Waals surface area contributed by atoms with E-state index in [9.17, 15) is 4.79 Å². The fraction of sp³-hybridized carbons (Fsp3) is 0.250. The third kappa shape index (κ3) is 4.50. The lowest BCUT2D eigenvalue weighted by molar-refractivity contribution is -0.116. The van der Waals surface area contributed by atoms with Gasteiger partial charge in [-0.1, -0.05) is 29.5 Å². The molecule has 7 heteroatoms. The maximum atomic E-state index is 11.7. The van der Waals surface area contributed by atoms with Crippen molar-refractivity contribution in [2.24, 2.45) is 0 Å². The first-order valence-electron chi connectivity index (χ1n) is 5.58. The number of aryl methyl sites for hydroxylation is 2. The van der Waals surface area contributed by atoms with Crippen LogP contribution in [0.25, 0.3) is 0 Å². The number of nitrogens with one attached hydrogen (secondary N) is 1. The smallest absolute Gasteiger partial charge is 0.226 e. The summed E-state index contributed by atoms with van der Waals surface area (Å²) >= 11 is 1.36. The summed E-state index contributed by atoms with van der Waals surface area (Å²) in [6.07, 6.45) is 1.00. The average Bonchev–Trinajstić information content (AvgIpc) is 2.74. The molecule has 1 heterocycles. The number of aromatic nitrogens is 2. The highest BCUT2D eigenvalue weighted by Crippen LogP contribution is 2.15. The van der Waals surface area contributed by atoms with Gasteiger partial charge in [-0.15, -0.1) is 22.6 Å². The van der Waals surface area contributed by atoms with Crippen molar-refractivity contribution >= 4 is 40.5 Å². The lowest BCUT2D eigenvalue weighted by atomic mass is 10.1. The van der Waals surface area contributed by atoms with Gasteiger partial charge >= 0.3 is 0 Å². The van der Waals surface area contributed by atoms with Crippen LogP contribution in [0.1, 0.15) is 17.0 Å². The van der Waals surface area contributed by atoms with Crippen LogP contribution in [0.15, 0.2) is 24.3 Å². The van der Waals surface area contributed by atoms with Crippen molar-refractivity contribution in [1.82, 2.24) is 10.2 Å². The van der Waals surface area contributed by atoms with Crippen molar-refractivity contribution in [3.05, 3.63) is 34.8 Å². The molecule has 2 rings (SSSR count). The van der Waals surface area contributed by atoms with Crippen molar-refractivity contribution < 1.29 is 4.79 Å². The first-order valence-corrected chi connectivity index (χ1v) is 6.40. The molecule has 0 saturated carbocycles. The van der Waals surface area contributed by atoms with Crippen LogP contribution in [0.3, 0.4) is 0 Å². The minimum atomic E-state index is -0.0746. The normalized spacial score (nSPS) is 9.74. The van der Waals surface area contributed by atoms with Gasteiger partial charge in [0.05, 0.1) is 0 Å². The molecule has 0 aliphatic carbocycles. The number of nitrogens with two attached hydrogens (primary N) is 1. The highest BCUT2D eigenvalue weighted by Gasteiger charge is 2.07. The number of carbonyl (C=O) groups excluding carboxylic acids is 1. The summed E-state index contributed by atoms with van der Waals surface area (Å²) in [4.78, 5) is 11.7. The fourth-order valence-electron chi connectivity index (χ4n) is 1.54. The van der Waals surface area contributed by atoms with Crippen molar-refractivity contribution in [3.63, 3.8) is 0 Å². The molecule has 0 fully saturated rings. The van der Waals surface area contributed by atoms with Gasteiger partial charge in [-0.25, -0.2) is 0 Å². The van der Waals surface area contributed by atoms with Crippen LogP contribution in [0, 0.1) is 6.92 Å². The molecular weight excluding hydrogens is 284 g/mol.